The minimum Gasteiger partial charge on any atom is -0.484 e. The van der Waals surface area contributed by atoms with Crippen molar-refractivity contribution in [3.05, 3.63) is 49.6 Å². The molecule has 1 aromatic heterocycles. The summed E-state index contributed by atoms with van der Waals surface area (Å²) in [4.78, 5) is 12.7. The molecule has 0 aliphatic carbocycles. The highest BCUT2D eigenvalue weighted by molar-refractivity contribution is 9.11. The molecule has 0 atom stereocenters. The number of hydrogen-bond donors (Lipinski definition) is 1. The Balaban J connectivity index is 1.86. The Morgan fingerprint density at radius 3 is 2.82 bits per heavy atom. The van der Waals surface area contributed by atoms with Gasteiger partial charge in [-0.2, -0.15) is 5.10 Å². The third kappa shape index (κ3) is 4.83. The summed E-state index contributed by atoms with van der Waals surface area (Å²) in [5, 5.41) is 4.72. The van der Waals surface area contributed by atoms with Gasteiger partial charge in [0.2, 0.25) is 0 Å². The number of carbonyl (C=O) groups is 1. The number of hydrazone groups is 1. The summed E-state index contributed by atoms with van der Waals surface area (Å²) in [6.45, 7) is 3.61. The monoisotopic (exact) mass is 400 g/mol. The first-order chi connectivity index (χ1) is 10.5. The molecule has 4 nitrogen and oxygen atoms in total. The van der Waals surface area contributed by atoms with E-state index in [1.807, 2.05) is 26.0 Å². The van der Waals surface area contributed by atoms with E-state index in [1.165, 1.54) is 0 Å². The largest absolute Gasteiger partial charge is 0.484 e. The van der Waals surface area contributed by atoms with Gasteiger partial charge in [0.05, 0.1) is 14.4 Å². The van der Waals surface area contributed by atoms with E-state index in [0.29, 0.717) is 10.8 Å². The van der Waals surface area contributed by atoms with Gasteiger partial charge in [-0.1, -0.05) is 11.6 Å². The van der Waals surface area contributed by atoms with Crippen molar-refractivity contribution in [2.75, 3.05) is 6.61 Å². The average Bonchev–Trinajstić information content (AvgIpc) is 2.92. The lowest BCUT2D eigenvalue weighted by molar-refractivity contribution is -0.123. The molecule has 0 saturated heterocycles. The van der Waals surface area contributed by atoms with Crippen LogP contribution in [0.4, 0.5) is 0 Å². The first-order valence-electron chi connectivity index (χ1n) is 6.43. The van der Waals surface area contributed by atoms with Gasteiger partial charge in [0, 0.05) is 5.02 Å². The van der Waals surface area contributed by atoms with Crippen LogP contribution in [0.1, 0.15) is 17.4 Å². The number of amides is 1. The van der Waals surface area contributed by atoms with Crippen LogP contribution in [-0.2, 0) is 4.79 Å². The average molecular weight is 402 g/mol. The lowest BCUT2D eigenvalue weighted by Gasteiger charge is -2.07. The first kappa shape index (κ1) is 17.0. The zero-order valence-electron chi connectivity index (χ0n) is 12.0. The van der Waals surface area contributed by atoms with Crippen molar-refractivity contribution in [3.8, 4) is 5.75 Å². The van der Waals surface area contributed by atoms with Gasteiger partial charge >= 0.3 is 0 Å². The Hall–Kier alpha value is -1.37. The quantitative estimate of drug-likeness (QED) is 0.596. The summed E-state index contributed by atoms with van der Waals surface area (Å²) in [6, 6.07) is 9.12. The van der Waals surface area contributed by atoms with Gasteiger partial charge < -0.3 is 4.74 Å². The Morgan fingerprint density at radius 2 is 2.18 bits per heavy atom. The number of thiophene rings is 1. The SMILES string of the molecule is C/C(=N/NC(=O)COc1ccc(Cl)c(C)c1)c1ccc(Br)s1. The van der Waals surface area contributed by atoms with Crippen LogP contribution in [0.15, 0.2) is 39.2 Å². The Labute approximate surface area is 146 Å². The van der Waals surface area contributed by atoms with Crippen molar-refractivity contribution in [1.29, 1.82) is 0 Å². The van der Waals surface area contributed by atoms with Crippen LogP contribution in [0.2, 0.25) is 5.02 Å². The van der Waals surface area contributed by atoms with Gasteiger partial charge in [-0.25, -0.2) is 5.43 Å². The summed E-state index contributed by atoms with van der Waals surface area (Å²) < 4.78 is 6.42. The second-order valence-electron chi connectivity index (χ2n) is 4.54. The summed E-state index contributed by atoms with van der Waals surface area (Å²) >= 11 is 10.9. The number of halogens is 2. The van der Waals surface area contributed by atoms with Crippen LogP contribution < -0.4 is 10.2 Å². The molecule has 1 N–H and O–H groups in total. The standard InChI is InChI=1S/C15H14BrClN2O2S/c1-9-7-11(3-4-12(9)17)21-8-15(20)19-18-10(2)13-5-6-14(16)22-13/h3-7H,8H2,1-2H3,(H,19,20)/b18-10-. The molecule has 22 heavy (non-hydrogen) atoms. The molecule has 1 amide bonds. The van der Waals surface area contributed by atoms with Crippen LogP contribution in [0.3, 0.4) is 0 Å². The second-order valence-corrected chi connectivity index (χ2v) is 7.41. The van der Waals surface area contributed by atoms with E-state index in [4.69, 9.17) is 16.3 Å². The van der Waals surface area contributed by atoms with E-state index in [9.17, 15) is 4.79 Å². The highest BCUT2D eigenvalue weighted by Gasteiger charge is 2.05. The predicted molar refractivity (Wildman–Crippen MR) is 94.1 cm³/mol. The van der Waals surface area contributed by atoms with Gasteiger partial charge in [-0.05, 0) is 65.7 Å². The van der Waals surface area contributed by atoms with Crippen molar-refractivity contribution >= 4 is 50.5 Å². The maximum atomic E-state index is 11.7. The molecule has 0 radical (unpaired) electrons. The van der Waals surface area contributed by atoms with Crippen molar-refractivity contribution in [3.63, 3.8) is 0 Å². The number of aryl methyl sites for hydroxylation is 1. The van der Waals surface area contributed by atoms with Gasteiger partial charge in [-0.15, -0.1) is 11.3 Å². The van der Waals surface area contributed by atoms with Crippen molar-refractivity contribution in [2.45, 2.75) is 13.8 Å². The maximum absolute atomic E-state index is 11.7. The summed E-state index contributed by atoms with van der Waals surface area (Å²) in [6.07, 6.45) is 0. The molecule has 1 heterocycles. The number of hydrogen-bond acceptors (Lipinski definition) is 4. The fourth-order valence-electron chi connectivity index (χ4n) is 1.60. The summed E-state index contributed by atoms with van der Waals surface area (Å²) in [5.74, 6) is 0.280. The second kappa shape index (κ2) is 7.76. The maximum Gasteiger partial charge on any atom is 0.277 e. The van der Waals surface area contributed by atoms with Crippen LogP contribution in [-0.4, -0.2) is 18.2 Å². The van der Waals surface area contributed by atoms with Crippen LogP contribution in [0.25, 0.3) is 0 Å². The third-order valence-corrected chi connectivity index (χ3v) is 4.93. The van der Waals surface area contributed by atoms with Crippen molar-refractivity contribution < 1.29 is 9.53 Å². The molecule has 0 aliphatic heterocycles. The molecule has 0 saturated carbocycles. The van der Waals surface area contributed by atoms with Gasteiger partial charge in [0.25, 0.3) is 5.91 Å². The number of ether oxygens (including phenoxy) is 1. The zero-order valence-corrected chi connectivity index (χ0v) is 15.2. The molecule has 0 unspecified atom stereocenters. The van der Waals surface area contributed by atoms with Crippen LogP contribution >= 0.6 is 38.9 Å². The molecule has 0 spiro atoms. The topological polar surface area (TPSA) is 50.7 Å². The molecule has 2 rings (SSSR count). The fraction of sp³-hybridized carbons (Fsp3) is 0.200. The van der Waals surface area contributed by atoms with Gasteiger partial charge in [0.15, 0.2) is 6.61 Å². The number of carbonyl (C=O) groups excluding carboxylic acids is 1. The lowest BCUT2D eigenvalue weighted by atomic mass is 10.2. The minimum atomic E-state index is -0.317. The number of nitrogens with one attached hydrogen (secondary N) is 1. The van der Waals surface area contributed by atoms with Gasteiger partial charge in [-0.3, -0.25) is 4.79 Å². The van der Waals surface area contributed by atoms with E-state index < -0.39 is 0 Å². The Bertz CT molecular complexity index is 715. The van der Waals surface area contributed by atoms with E-state index >= 15 is 0 Å². The smallest absolute Gasteiger partial charge is 0.277 e. The molecule has 7 heteroatoms. The Kier molecular flexibility index (Phi) is 5.99. The van der Waals surface area contributed by atoms with Crippen molar-refractivity contribution in [2.24, 2.45) is 5.10 Å². The van der Waals surface area contributed by atoms with Crippen LogP contribution in [0, 0.1) is 6.92 Å². The lowest BCUT2D eigenvalue weighted by Crippen LogP contribution is -2.25. The van der Waals surface area contributed by atoms with Gasteiger partial charge in [0.1, 0.15) is 5.75 Å². The van der Waals surface area contributed by atoms with E-state index in [1.54, 1.807) is 29.5 Å². The molecule has 1 aromatic carbocycles. The molecular weight excluding hydrogens is 388 g/mol. The molecule has 0 bridgehead atoms. The highest BCUT2D eigenvalue weighted by Crippen LogP contribution is 2.22. The zero-order chi connectivity index (χ0) is 16.1. The van der Waals surface area contributed by atoms with E-state index in [-0.39, 0.29) is 12.5 Å². The molecule has 2 aromatic rings. The highest BCUT2D eigenvalue weighted by atomic mass is 79.9. The Morgan fingerprint density at radius 1 is 1.41 bits per heavy atom. The number of nitrogens with zero attached hydrogens (tertiary/aromatic N) is 1. The predicted octanol–water partition coefficient (Wildman–Crippen LogP) is 4.39. The number of benzene rings is 1. The van der Waals surface area contributed by atoms with E-state index in [2.05, 4.69) is 26.5 Å². The normalized spacial score (nSPS) is 11.4. The molecule has 0 fully saturated rings. The number of rotatable bonds is 5. The van der Waals surface area contributed by atoms with E-state index in [0.717, 1.165) is 19.9 Å². The molecular formula is C15H14BrClN2O2S. The first-order valence-corrected chi connectivity index (χ1v) is 8.42. The third-order valence-electron chi connectivity index (χ3n) is 2.78. The fourth-order valence-corrected chi connectivity index (χ4v) is 3.05. The molecule has 116 valence electrons. The van der Waals surface area contributed by atoms with Crippen LogP contribution in [0.5, 0.6) is 5.75 Å². The summed E-state index contributed by atoms with van der Waals surface area (Å²) in [5.41, 5.74) is 4.12. The summed E-state index contributed by atoms with van der Waals surface area (Å²) in [7, 11) is 0. The van der Waals surface area contributed by atoms with Crippen molar-refractivity contribution in [1.82, 2.24) is 5.43 Å². The minimum absolute atomic E-state index is 0.105. The molecule has 0 aliphatic rings.